The highest BCUT2D eigenvalue weighted by molar-refractivity contribution is 5.47. The van der Waals surface area contributed by atoms with E-state index in [1.165, 1.54) is 7.11 Å². The van der Waals surface area contributed by atoms with Crippen molar-refractivity contribution in [2.45, 2.75) is 19.9 Å². The molecule has 1 aromatic rings. The van der Waals surface area contributed by atoms with Gasteiger partial charge in [0.1, 0.15) is 0 Å². The Balaban J connectivity index is 3.13. The topological polar surface area (TPSA) is 55.5 Å². The molecule has 0 heterocycles. The Labute approximate surface area is 84.5 Å². The summed E-state index contributed by atoms with van der Waals surface area (Å²) in [5.74, 6) is 0.931. The van der Waals surface area contributed by atoms with E-state index >= 15 is 0 Å². The van der Waals surface area contributed by atoms with Crippen LogP contribution in [0.25, 0.3) is 0 Å². The van der Waals surface area contributed by atoms with Crippen LogP contribution in [0.15, 0.2) is 18.2 Å². The molecule has 1 atom stereocenters. The SMILES string of the molecule is COc1c(O)cccc1[C@H](N)C(C)C. The second kappa shape index (κ2) is 4.33. The van der Waals surface area contributed by atoms with Crippen molar-refractivity contribution in [3.8, 4) is 11.5 Å². The Morgan fingerprint density at radius 3 is 2.50 bits per heavy atom. The van der Waals surface area contributed by atoms with Crippen molar-refractivity contribution in [2.75, 3.05) is 7.11 Å². The molecule has 0 saturated carbocycles. The van der Waals surface area contributed by atoms with Crippen LogP contribution in [-0.4, -0.2) is 12.2 Å². The van der Waals surface area contributed by atoms with Gasteiger partial charge in [0, 0.05) is 11.6 Å². The predicted octanol–water partition coefficient (Wildman–Crippen LogP) is 2.06. The van der Waals surface area contributed by atoms with E-state index in [9.17, 15) is 5.11 Å². The summed E-state index contributed by atoms with van der Waals surface area (Å²) in [6.45, 7) is 4.07. The summed E-state index contributed by atoms with van der Waals surface area (Å²) in [4.78, 5) is 0. The van der Waals surface area contributed by atoms with E-state index < -0.39 is 0 Å². The van der Waals surface area contributed by atoms with Crippen LogP contribution < -0.4 is 10.5 Å². The van der Waals surface area contributed by atoms with Crippen LogP contribution in [0.2, 0.25) is 0 Å². The first-order valence-electron chi connectivity index (χ1n) is 4.69. The van der Waals surface area contributed by atoms with Gasteiger partial charge in [-0.05, 0) is 12.0 Å². The number of phenolic OH excluding ortho intramolecular Hbond substituents is 1. The van der Waals surface area contributed by atoms with Gasteiger partial charge in [0.25, 0.3) is 0 Å². The summed E-state index contributed by atoms with van der Waals surface area (Å²) in [6.07, 6.45) is 0. The number of phenols is 1. The molecular weight excluding hydrogens is 178 g/mol. The molecule has 0 spiro atoms. The molecule has 0 amide bonds. The summed E-state index contributed by atoms with van der Waals surface area (Å²) in [6, 6.07) is 5.13. The van der Waals surface area contributed by atoms with Crippen molar-refractivity contribution in [3.63, 3.8) is 0 Å². The molecular formula is C11H17NO2. The molecule has 0 aromatic heterocycles. The molecule has 1 rings (SSSR count). The van der Waals surface area contributed by atoms with Crippen LogP contribution in [-0.2, 0) is 0 Å². The largest absolute Gasteiger partial charge is 0.504 e. The average molecular weight is 195 g/mol. The molecule has 0 aliphatic carbocycles. The van der Waals surface area contributed by atoms with E-state index in [0.717, 1.165) is 5.56 Å². The lowest BCUT2D eigenvalue weighted by Gasteiger charge is -2.19. The molecule has 3 N–H and O–H groups in total. The fourth-order valence-electron chi connectivity index (χ4n) is 1.39. The minimum absolute atomic E-state index is 0.114. The van der Waals surface area contributed by atoms with Gasteiger partial charge in [-0.2, -0.15) is 0 Å². The molecule has 0 fully saturated rings. The van der Waals surface area contributed by atoms with Crippen molar-refractivity contribution >= 4 is 0 Å². The number of benzene rings is 1. The van der Waals surface area contributed by atoms with Gasteiger partial charge in [-0.1, -0.05) is 26.0 Å². The van der Waals surface area contributed by atoms with Crippen LogP contribution in [0.4, 0.5) is 0 Å². The molecule has 78 valence electrons. The van der Waals surface area contributed by atoms with Crippen molar-refractivity contribution < 1.29 is 9.84 Å². The molecule has 0 unspecified atom stereocenters. The van der Waals surface area contributed by atoms with Crippen LogP contribution in [0.3, 0.4) is 0 Å². The van der Waals surface area contributed by atoms with Crippen molar-refractivity contribution in [2.24, 2.45) is 11.7 Å². The van der Waals surface area contributed by atoms with E-state index in [1.807, 2.05) is 19.9 Å². The molecule has 0 aliphatic rings. The molecule has 3 heteroatoms. The number of hydrogen-bond acceptors (Lipinski definition) is 3. The molecule has 3 nitrogen and oxygen atoms in total. The third-order valence-electron chi connectivity index (χ3n) is 2.31. The Morgan fingerprint density at radius 1 is 1.36 bits per heavy atom. The van der Waals surface area contributed by atoms with Crippen LogP contribution in [0.5, 0.6) is 11.5 Å². The quantitative estimate of drug-likeness (QED) is 0.776. The Hall–Kier alpha value is -1.22. The zero-order valence-electron chi connectivity index (χ0n) is 8.82. The third kappa shape index (κ3) is 1.99. The van der Waals surface area contributed by atoms with Gasteiger partial charge in [-0.3, -0.25) is 0 Å². The maximum absolute atomic E-state index is 9.54. The molecule has 0 radical (unpaired) electrons. The summed E-state index contributed by atoms with van der Waals surface area (Å²) in [7, 11) is 1.53. The van der Waals surface area contributed by atoms with Crippen molar-refractivity contribution in [1.82, 2.24) is 0 Å². The van der Waals surface area contributed by atoms with Gasteiger partial charge >= 0.3 is 0 Å². The molecule has 14 heavy (non-hydrogen) atoms. The standard InChI is InChI=1S/C11H17NO2/c1-7(2)10(12)8-5-4-6-9(13)11(8)14-3/h4-7,10,13H,12H2,1-3H3/t10-/m1/s1. The lowest BCUT2D eigenvalue weighted by atomic mass is 9.96. The minimum Gasteiger partial charge on any atom is -0.504 e. The van der Waals surface area contributed by atoms with Crippen LogP contribution in [0.1, 0.15) is 25.5 Å². The first-order chi connectivity index (χ1) is 6.57. The van der Waals surface area contributed by atoms with Gasteiger partial charge < -0.3 is 15.6 Å². The first-order valence-corrected chi connectivity index (χ1v) is 4.69. The fourth-order valence-corrected chi connectivity index (χ4v) is 1.39. The van der Waals surface area contributed by atoms with E-state index in [0.29, 0.717) is 11.7 Å². The fraction of sp³-hybridized carbons (Fsp3) is 0.455. The summed E-state index contributed by atoms with van der Waals surface area (Å²) >= 11 is 0. The summed E-state index contributed by atoms with van der Waals surface area (Å²) in [5.41, 5.74) is 6.84. The number of para-hydroxylation sites is 1. The van der Waals surface area contributed by atoms with Crippen LogP contribution >= 0.6 is 0 Å². The highest BCUT2D eigenvalue weighted by Gasteiger charge is 2.17. The molecule has 0 aliphatic heterocycles. The Bertz CT molecular complexity index is 310. The van der Waals surface area contributed by atoms with E-state index in [4.69, 9.17) is 10.5 Å². The van der Waals surface area contributed by atoms with E-state index in [1.54, 1.807) is 12.1 Å². The highest BCUT2D eigenvalue weighted by atomic mass is 16.5. The monoisotopic (exact) mass is 195 g/mol. The van der Waals surface area contributed by atoms with Crippen molar-refractivity contribution in [1.29, 1.82) is 0 Å². The predicted molar refractivity (Wildman–Crippen MR) is 56.4 cm³/mol. The van der Waals surface area contributed by atoms with E-state index in [-0.39, 0.29) is 11.8 Å². The Kier molecular flexibility index (Phi) is 3.36. The smallest absolute Gasteiger partial charge is 0.165 e. The second-order valence-corrected chi connectivity index (χ2v) is 3.67. The van der Waals surface area contributed by atoms with Crippen molar-refractivity contribution in [3.05, 3.63) is 23.8 Å². The molecule has 0 saturated heterocycles. The zero-order valence-corrected chi connectivity index (χ0v) is 8.82. The highest BCUT2D eigenvalue weighted by Crippen LogP contribution is 2.35. The number of methoxy groups -OCH3 is 1. The van der Waals surface area contributed by atoms with E-state index in [2.05, 4.69) is 0 Å². The van der Waals surface area contributed by atoms with Gasteiger partial charge in [0.05, 0.1) is 7.11 Å². The normalized spacial score (nSPS) is 12.9. The lowest BCUT2D eigenvalue weighted by molar-refractivity contribution is 0.360. The molecule has 0 bridgehead atoms. The lowest BCUT2D eigenvalue weighted by Crippen LogP contribution is -2.17. The number of hydrogen-bond donors (Lipinski definition) is 2. The van der Waals surface area contributed by atoms with Gasteiger partial charge in [0.2, 0.25) is 0 Å². The summed E-state index contributed by atoms with van der Waals surface area (Å²) in [5, 5.41) is 9.54. The minimum atomic E-state index is -0.114. The first kappa shape index (κ1) is 10.9. The number of nitrogens with two attached hydrogens (primary N) is 1. The average Bonchev–Trinajstić information content (AvgIpc) is 2.16. The van der Waals surface area contributed by atoms with Gasteiger partial charge in [0.15, 0.2) is 11.5 Å². The Morgan fingerprint density at radius 2 is 2.00 bits per heavy atom. The summed E-state index contributed by atoms with van der Waals surface area (Å²) < 4.78 is 5.12. The molecule has 1 aromatic carbocycles. The third-order valence-corrected chi connectivity index (χ3v) is 2.31. The zero-order chi connectivity index (χ0) is 10.7. The number of aromatic hydroxyl groups is 1. The maximum Gasteiger partial charge on any atom is 0.165 e. The maximum atomic E-state index is 9.54. The van der Waals surface area contributed by atoms with Gasteiger partial charge in [-0.25, -0.2) is 0 Å². The van der Waals surface area contributed by atoms with Crippen LogP contribution in [0, 0.1) is 5.92 Å². The number of rotatable bonds is 3. The second-order valence-electron chi connectivity index (χ2n) is 3.67. The van der Waals surface area contributed by atoms with Gasteiger partial charge in [-0.15, -0.1) is 0 Å². The number of ether oxygens (including phenoxy) is 1.